The lowest BCUT2D eigenvalue weighted by atomic mass is 10.1. The van der Waals surface area contributed by atoms with Crippen LogP contribution in [-0.4, -0.2) is 23.0 Å². The van der Waals surface area contributed by atoms with Gasteiger partial charge in [0, 0.05) is 41.8 Å². The van der Waals surface area contributed by atoms with E-state index in [4.69, 9.17) is 4.74 Å². The van der Waals surface area contributed by atoms with Gasteiger partial charge in [-0.2, -0.15) is 0 Å². The van der Waals surface area contributed by atoms with E-state index in [1.165, 1.54) is 0 Å². The monoisotopic (exact) mass is 416 g/mol. The number of rotatable bonds is 8. The molecular weight excluding hydrogens is 392 g/mol. The van der Waals surface area contributed by atoms with E-state index in [1.807, 2.05) is 36.4 Å². The minimum absolute atomic E-state index is 0.205. The maximum atomic E-state index is 12.5. The zero-order valence-electron chi connectivity index (χ0n) is 17.0. The standard InChI is InChI=1S/C24H24N4O3/c29-23(19-4-1-5-21(13-19)28-24(30)27-20-8-9-20)26-15-17-6-10-22(11-7-17)31-16-18-3-2-12-25-14-18/h1-7,10-14,20H,8-9,15-16H2,(H,26,29)(H2,27,28,30). The van der Waals surface area contributed by atoms with Gasteiger partial charge in [-0.1, -0.05) is 24.3 Å². The number of amides is 3. The minimum Gasteiger partial charge on any atom is -0.489 e. The number of nitrogens with zero attached hydrogens (tertiary/aromatic N) is 1. The van der Waals surface area contributed by atoms with Crippen LogP contribution < -0.4 is 20.7 Å². The highest BCUT2D eigenvalue weighted by molar-refractivity contribution is 5.96. The van der Waals surface area contributed by atoms with Crippen molar-refractivity contribution in [2.45, 2.75) is 32.0 Å². The summed E-state index contributed by atoms with van der Waals surface area (Å²) >= 11 is 0. The van der Waals surface area contributed by atoms with Crippen molar-refractivity contribution in [3.05, 3.63) is 89.7 Å². The molecular formula is C24H24N4O3. The Morgan fingerprint density at radius 3 is 2.58 bits per heavy atom. The minimum atomic E-state index is -0.245. The van der Waals surface area contributed by atoms with Crippen molar-refractivity contribution < 1.29 is 14.3 Å². The number of pyridine rings is 1. The molecule has 0 saturated heterocycles. The lowest BCUT2D eigenvalue weighted by Gasteiger charge is -2.10. The van der Waals surface area contributed by atoms with Crippen molar-refractivity contribution in [2.75, 3.05) is 5.32 Å². The zero-order valence-corrected chi connectivity index (χ0v) is 17.0. The van der Waals surface area contributed by atoms with E-state index in [-0.39, 0.29) is 18.0 Å². The number of urea groups is 1. The smallest absolute Gasteiger partial charge is 0.319 e. The van der Waals surface area contributed by atoms with Crippen LogP contribution in [0.3, 0.4) is 0 Å². The number of benzene rings is 2. The maximum absolute atomic E-state index is 12.5. The first-order valence-electron chi connectivity index (χ1n) is 10.2. The molecule has 2 aromatic carbocycles. The van der Waals surface area contributed by atoms with Crippen LogP contribution in [0.4, 0.5) is 10.5 Å². The van der Waals surface area contributed by atoms with E-state index in [2.05, 4.69) is 20.9 Å². The lowest BCUT2D eigenvalue weighted by Crippen LogP contribution is -2.30. The van der Waals surface area contributed by atoms with E-state index < -0.39 is 0 Å². The van der Waals surface area contributed by atoms with Crippen molar-refractivity contribution in [3.8, 4) is 5.75 Å². The second kappa shape index (κ2) is 9.75. The largest absolute Gasteiger partial charge is 0.489 e. The third-order valence-corrected chi connectivity index (χ3v) is 4.80. The van der Waals surface area contributed by atoms with Crippen LogP contribution in [0.5, 0.6) is 5.75 Å². The summed E-state index contributed by atoms with van der Waals surface area (Å²) in [6, 6.07) is 18.3. The fourth-order valence-electron chi connectivity index (χ4n) is 2.96. The molecule has 3 aromatic rings. The molecule has 1 heterocycles. The Morgan fingerprint density at radius 1 is 1.00 bits per heavy atom. The topological polar surface area (TPSA) is 92.4 Å². The van der Waals surface area contributed by atoms with Crippen LogP contribution in [0.1, 0.15) is 34.3 Å². The van der Waals surface area contributed by atoms with Gasteiger partial charge in [-0.25, -0.2) is 4.79 Å². The quantitative estimate of drug-likeness (QED) is 0.520. The SMILES string of the molecule is O=C(Nc1cccc(C(=O)NCc2ccc(OCc3cccnc3)cc2)c1)NC1CC1. The van der Waals surface area contributed by atoms with Crippen LogP contribution >= 0.6 is 0 Å². The highest BCUT2D eigenvalue weighted by atomic mass is 16.5. The van der Waals surface area contributed by atoms with Crippen LogP contribution in [0.25, 0.3) is 0 Å². The second-order valence-electron chi connectivity index (χ2n) is 7.43. The molecule has 3 N–H and O–H groups in total. The molecule has 0 spiro atoms. The number of nitrogens with one attached hydrogen (secondary N) is 3. The van der Waals surface area contributed by atoms with E-state index in [1.54, 1.807) is 36.7 Å². The second-order valence-corrected chi connectivity index (χ2v) is 7.43. The first kappa shape index (κ1) is 20.4. The Kier molecular flexibility index (Phi) is 6.42. The van der Waals surface area contributed by atoms with Gasteiger partial charge in [-0.05, 0) is 54.8 Å². The number of ether oxygens (including phenoxy) is 1. The summed E-state index contributed by atoms with van der Waals surface area (Å²) in [5, 5.41) is 8.52. The molecule has 1 aliphatic carbocycles. The van der Waals surface area contributed by atoms with Crippen molar-refractivity contribution in [3.63, 3.8) is 0 Å². The van der Waals surface area contributed by atoms with Crippen LogP contribution in [-0.2, 0) is 13.2 Å². The van der Waals surface area contributed by atoms with Gasteiger partial charge in [-0.3, -0.25) is 9.78 Å². The van der Waals surface area contributed by atoms with Crippen molar-refractivity contribution >= 4 is 17.6 Å². The summed E-state index contributed by atoms with van der Waals surface area (Å²) in [5.74, 6) is 0.547. The molecule has 0 unspecified atom stereocenters. The van der Waals surface area contributed by atoms with Gasteiger partial charge in [0.15, 0.2) is 0 Å². The van der Waals surface area contributed by atoms with Gasteiger partial charge >= 0.3 is 6.03 Å². The van der Waals surface area contributed by atoms with Gasteiger partial charge < -0.3 is 20.7 Å². The highest BCUT2D eigenvalue weighted by Gasteiger charge is 2.23. The van der Waals surface area contributed by atoms with Crippen molar-refractivity contribution in [1.82, 2.24) is 15.6 Å². The molecule has 1 aromatic heterocycles. The Balaban J connectivity index is 1.26. The number of hydrogen-bond acceptors (Lipinski definition) is 4. The van der Waals surface area contributed by atoms with Crippen molar-refractivity contribution in [1.29, 1.82) is 0 Å². The highest BCUT2D eigenvalue weighted by Crippen LogP contribution is 2.19. The van der Waals surface area contributed by atoms with E-state index >= 15 is 0 Å². The molecule has 7 heteroatoms. The summed E-state index contributed by atoms with van der Waals surface area (Å²) in [6.07, 6.45) is 5.54. The summed E-state index contributed by atoms with van der Waals surface area (Å²) < 4.78 is 5.75. The summed E-state index contributed by atoms with van der Waals surface area (Å²) in [4.78, 5) is 28.4. The fourth-order valence-corrected chi connectivity index (χ4v) is 2.96. The average Bonchev–Trinajstić information content (AvgIpc) is 3.61. The van der Waals surface area contributed by atoms with Gasteiger partial charge in [-0.15, -0.1) is 0 Å². The first-order valence-corrected chi connectivity index (χ1v) is 10.2. The summed E-state index contributed by atoms with van der Waals surface area (Å²) in [7, 11) is 0. The Labute approximate surface area is 180 Å². The summed E-state index contributed by atoms with van der Waals surface area (Å²) in [6.45, 7) is 0.842. The van der Waals surface area contributed by atoms with Gasteiger partial charge in [0.25, 0.3) is 5.91 Å². The molecule has 3 amide bonds. The third kappa shape index (κ3) is 6.30. The first-order chi connectivity index (χ1) is 15.2. The lowest BCUT2D eigenvalue weighted by molar-refractivity contribution is 0.0951. The molecule has 158 valence electrons. The van der Waals surface area contributed by atoms with Crippen LogP contribution in [0, 0.1) is 0 Å². The van der Waals surface area contributed by atoms with Crippen LogP contribution in [0.2, 0.25) is 0 Å². The van der Waals surface area contributed by atoms with Crippen molar-refractivity contribution in [2.24, 2.45) is 0 Å². The number of anilines is 1. The number of carbonyl (C=O) groups is 2. The van der Waals surface area contributed by atoms with E-state index in [9.17, 15) is 9.59 Å². The molecule has 1 aliphatic rings. The summed E-state index contributed by atoms with van der Waals surface area (Å²) in [5.41, 5.74) is 3.03. The third-order valence-electron chi connectivity index (χ3n) is 4.80. The molecule has 1 fully saturated rings. The normalized spacial score (nSPS) is 12.6. The van der Waals surface area contributed by atoms with Gasteiger partial charge in [0.1, 0.15) is 12.4 Å². The molecule has 7 nitrogen and oxygen atoms in total. The van der Waals surface area contributed by atoms with Gasteiger partial charge in [0.05, 0.1) is 0 Å². The molecule has 0 radical (unpaired) electrons. The maximum Gasteiger partial charge on any atom is 0.319 e. The fraction of sp³-hybridized carbons (Fsp3) is 0.208. The molecule has 4 rings (SSSR count). The Morgan fingerprint density at radius 2 is 1.84 bits per heavy atom. The predicted octanol–water partition coefficient (Wildman–Crippen LogP) is 3.87. The van der Waals surface area contributed by atoms with Crippen LogP contribution in [0.15, 0.2) is 73.1 Å². The number of carbonyl (C=O) groups excluding carboxylic acids is 2. The molecule has 31 heavy (non-hydrogen) atoms. The number of hydrogen-bond donors (Lipinski definition) is 3. The molecule has 0 atom stereocenters. The van der Waals surface area contributed by atoms with E-state index in [0.717, 1.165) is 29.7 Å². The number of aromatic nitrogens is 1. The Hall–Kier alpha value is -3.87. The predicted molar refractivity (Wildman–Crippen MR) is 118 cm³/mol. The Bertz CT molecular complexity index is 1030. The average molecular weight is 416 g/mol. The molecule has 0 bridgehead atoms. The van der Waals surface area contributed by atoms with E-state index in [0.29, 0.717) is 24.4 Å². The molecule has 1 saturated carbocycles. The van der Waals surface area contributed by atoms with Gasteiger partial charge in [0.2, 0.25) is 0 Å². The zero-order chi connectivity index (χ0) is 21.5. The molecule has 0 aliphatic heterocycles.